The van der Waals surface area contributed by atoms with Crippen LogP contribution in [0.25, 0.3) is 0 Å². The first-order valence-corrected chi connectivity index (χ1v) is 2.30. The van der Waals surface area contributed by atoms with Crippen LogP contribution in [0, 0.1) is 0 Å². The third kappa shape index (κ3) is 4.12. The second-order valence-electron chi connectivity index (χ2n) is 1.73. The number of hydrazine groups is 1. The van der Waals surface area contributed by atoms with Gasteiger partial charge in [-0.15, -0.1) is 12.4 Å². The zero-order valence-electron chi connectivity index (χ0n) is 5.27. The van der Waals surface area contributed by atoms with E-state index in [4.69, 9.17) is 5.84 Å². The first kappa shape index (κ1) is 10.8. The van der Waals surface area contributed by atoms with Gasteiger partial charge in [0.1, 0.15) is 0 Å². The monoisotopic (exact) mass is 136 g/mol. The maximum absolute atomic E-state index is 5.06. The quantitative estimate of drug-likeness (QED) is 0.336. The second kappa shape index (κ2) is 5.09. The molecule has 0 fully saturated rings. The van der Waals surface area contributed by atoms with Crippen LogP contribution in [0.15, 0.2) is 12.2 Å². The fourth-order valence-corrected chi connectivity index (χ4v) is 0.142. The van der Waals surface area contributed by atoms with Crippen molar-refractivity contribution in [2.75, 3.05) is 0 Å². The minimum atomic E-state index is 0. The average molecular weight is 137 g/mol. The van der Waals surface area contributed by atoms with Crippen molar-refractivity contribution in [1.29, 1.82) is 0 Å². The maximum Gasteiger partial charge on any atom is 0.0386 e. The largest absolute Gasteiger partial charge is 0.271 e. The van der Waals surface area contributed by atoms with Crippen molar-refractivity contribution >= 4 is 12.4 Å². The van der Waals surface area contributed by atoms with E-state index in [0.29, 0.717) is 0 Å². The van der Waals surface area contributed by atoms with Gasteiger partial charge < -0.3 is 0 Å². The molecule has 50 valence electrons. The minimum absolute atomic E-state index is 0. The summed E-state index contributed by atoms with van der Waals surface area (Å²) >= 11 is 0. The molecule has 0 aromatic heterocycles. The Morgan fingerprint density at radius 1 is 1.75 bits per heavy atom. The Balaban J connectivity index is 0. The van der Waals surface area contributed by atoms with Crippen LogP contribution in [0.1, 0.15) is 13.8 Å². The molecule has 0 amide bonds. The van der Waals surface area contributed by atoms with Crippen LogP contribution in [-0.2, 0) is 0 Å². The molecule has 0 rings (SSSR count). The van der Waals surface area contributed by atoms with E-state index < -0.39 is 0 Å². The molecule has 0 spiro atoms. The first-order valence-electron chi connectivity index (χ1n) is 2.30. The molecule has 1 unspecified atom stereocenters. The molecule has 3 heteroatoms. The van der Waals surface area contributed by atoms with Crippen LogP contribution in [-0.4, -0.2) is 6.04 Å². The van der Waals surface area contributed by atoms with Crippen LogP contribution in [0.5, 0.6) is 0 Å². The van der Waals surface area contributed by atoms with E-state index in [-0.39, 0.29) is 18.4 Å². The fraction of sp³-hybridized carbons (Fsp3) is 0.600. The fourth-order valence-electron chi connectivity index (χ4n) is 0.142. The van der Waals surface area contributed by atoms with Crippen molar-refractivity contribution in [3.63, 3.8) is 0 Å². The number of halogens is 1. The van der Waals surface area contributed by atoms with Gasteiger partial charge in [-0.2, -0.15) is 0 Å². The lowest BCUT2D eigenvalue weighted by atomic mass is 10.2. The summed E-state index contributed by atoms with van der Waals surface area (Å²) in [6, 6.07) is 0.236. The molecule has 0 aromatic carbocycles. The Kier molecular flexibility index (Phi) is 6.91. The Morgan fingerprint density at radius 3 is 2.12 bits per heavy atom. The molecule has 0 saturated heterocycles. The van der Waals surface area contributed by atoms with Crippen molar-refractivity contribution in [3.8, 4) is 0 Å². The van der Waals surface area contributed by atoms with Crippen molar-refractivity contribution in [2.24, 2.45) is 5.84 Å². The number of hydrogen-bond donors (Lipinski definition) is 2. The molecule has 0 heterocycles. The predicted molar refractivity (Wildman–Crippen MR) is 38.8 cm³/mol. The van der Waals surface area contributed by atoms with E-state index in [1.165, 1.54) is 0 Å². The number of nitrogens with one attached hydrogen (secondary N) is 1. The number of hydrogen-bond acceptors (Lipinski definition) is 2. The van der Waals surface area contributed by atoms with Gasteiger partial charge in [0.05, 0.1) is 0 Å². The van der Waals surface area contributed by atoms with Gasteiger partial charge in [0.25, 0.3) is 0 Å². The van der Waals surface area contributed by atoms with Gasteiger partial charge in [-0.25, -0.2) is 0 Å². The highest BCUT2D eigenvalue weighted by Crippen LogP contribution is 1.91. The smallest absolute Gasteiger partial charge is 0.0386 e. The topological polar surface area (TPSA) is 38.0 Å². The van der Waals surface area contributed by atoms with E-state index >= 15 is 0 Å². The molecule has 3 N–H and O–H groups in total. The summed E-state index contributed by atoms with van der Waals surface area (Å²) in [6.45, 7) is 7.58. The molecule has 2 nitrogen and oxygen atoms in total. The Morgan fingerprint density at radius 2 is 2.12 bits per heavy atom. The molecule has 0 aliphatic carbocycles. The summed E-state index contributed by atoms with van der Waals surface area (Å²) in [6.07, 6.45) is 0. The van der Waals surface area contributed by atoms with Gasteiger partial charge in [-0.1, -0.05) is 12.2 Å². The molecular formula is C5H13ClN2. The summed E-state index contributed by atoms with van der Waals surface area (Å²) in [4.78, 5) is 0. The lowest BCUT2D eigenvalue weighted by Gasteiger charge is -2.06. The molecule has 0 saturated carbocycles. The zero-order chi connectivity index (χ0) is 5.86. The Bertz CT molecular complexity index is 72.8. The second-order valence-corrected chi connectivity index (χ2v) is 1.73. The SMILES string of the molecule is C=C(C)C(C)NN.Cl. The summed E-state index contributed by atoms with van der Waals surface area (Å²) in [5.74, 6) is 5.06. The average Bonchev–Trinajstić information content (AvgIpc) is 1.65. The van der Waals surface area contributed by atoms with Crippen LogP contribution < -0.4 is 11.3 Å². The third-order valence-corrected chi connectivity index (χ3v) is 0.989. The summed E-state index contributed by atoms with van der Waals surface area (Å²) < 4.78 is 0. The van der Waals surface area contributed by atoms with Crippen molar-refractivity contribution in [2.45, 2.75) is 19.9 Å². The number of rotatable bonds is 2. The van der Waals surface area contributed by atoms with Crippen LogP contribution in [0.3, 0.4) is 0 Å². The van der Waals surface area contributed by atoms with Crippen LogP contribution in [0.4, 0.5) is 0 Å². The summed E-state index contributed by atoms with van der Waals surface area (Å²) in [5, 5.41) is 0. The van der Waals surface area contributed by atoms with Crippen molar-refractivity contribution in [3.05, 3.63) is 12.2 Å². The molecule has 0 bridgehead atoms. The summed E-state index contributed by atoms with van der Waals surface area (Å²) in [5.41, 5.74) is 3.62. The molecule has 1 atom stereocenters. The highest BCUT2D eigenvalue weighted by molar-refractivity contribution is 5.85. The lowest BCUT2D eigenvalue weighted by molar-refractivity contribution is 0.641. The van der Waals surface area contributed by atoms with Crippen molar-refractivity contribution in [1.82, 2.24) is 5.43 Å². The van der Waals surface area contributed by atoms with Gasteiger partial charge in [0.15, 0.2) is 0 Å². The van der Waals surface area contributed by atoms with E-state index in [1.807, 2.05) is 13.8 Å². The van der Waals surface area contributed by atoms with E-state index in [2.05, 4.69) is 12.0 Å². The highest BCUT2D eigenvalue weighted by Gasteiger charge is 1.93. The molecule has 0 radical (unpaired) electrons. The Labute approximate surface area is 56.5 Å². The molecule has 0 aliphatic heterocycles. The predicted octanol–water partition coefficient (Wildman–Crippen LogP) is 0.836. The van der Waals surface area contributed by atoms with E-state index in [1.54, 1.807) is 0 Å². The van der Waals surface area contributed by atoms with Gasteiger partial charge in [-0.05, 0) is 13.8 Å². The van der Waals surface area contributed by atoms with Gasteiger partial charge in [-0.3, -0.25) is 11.3 Å². The van der Waals surface area contributed by atoms with Crippen LogP contribution in [0.2, 0.25) is 0 Å². The molecule has 0 aromatic rings. The van der Waals surface area contributed by atoms with Gasteiger partial charge >= 0.3 is 0 Å². The van der Waals surface area contributed by atoms with E-state index in [9.17, 15) is 0 Å². The maximum atomic E-state index is 5.06. The molecule has 0 aliphatic rings. The Hall–Kier alpha value is -0.0500. The summed E-state index contributed by atoms with van der Waals surface area (Å²) in [7, 11) is 0. The number of nitrogens with two attached hydrogens (primary N) is 1. The normalized spacial score (nSPS) is 11.9. The lowest BCUT2D eigenvalue weighted by Crippen LogP contribution is -2.32. The highest BCUT2D eigenvalue weighted by atomic mass is 35.5. The third-order valence-electron chi connectivity index (χ3n) is 0.989. The van der Waals surface area contributed by atoms with Gasteiger partial charge in [0, 0.05) is 6.04 Å². The minimum Gasteiger partial charge on any atom is -0.271 e. The van der Waals surface area contributed by atoms with E-state index in [0.717, 1.165) is 5.57 Å². The van der Waals surface area contributed by atoms with Gasteiger partial charge in [0.2, 0.25) is 0 Å². The first-order chi connectivity index (χ1) is 3.18. The zero-order valence-corrected chi connectivity index (χ0v) is 6.09. The van der Waals surface area contributed by atoms with Crippen LogP contribution >= 0.6 is 12.4 Å². The standard InChI is InChI=1S/C5H12N2.ClH/c1-4(2)5(3)7-6;/h5,7H,1,6H2,2-3H3;1H. The molecular weight excluding hydrogens is 124 g/mol. The van der Waals surface area contributed by atoms with Crippen molar-refractivity contribution < 1.29 is 0 Å². The molecule has 8 heavy (non-hydrogen) atoms.